The zero-order chi connectivity index (χ0) is 14.1. The number of hydrogen-bond acceptors (Lipinski definition) is 3. The summed E-state index contributed by atoms with van der Waals surface area (Å²) < 4.78 is 4.99. The Kier molecular flexibility index (Phi) is 7.51. The molecule has 0 saturated heterocycles. The number of ether oxygens (including phenoxy) is 1. The van der Waals surface area contributed by atoms with Crippen LogP contribution in [0.1, 0.15) is 32.8 Å². The first kappa shape index (κ1) is 16.5. The van der Waals surface area contributed by atoms with E-state index in [1.807, 2.05) is 11.8 Å². The number of rotatable bonds is 8. The van der Waals surface area contributed by atoms with Crippen LogP contribution in [0, 0.1) is 0 Å². The predicted molar refractivity (Wildman–Crippen MR) is 85.2 cm³/mol. The summed E-state index contributed by atoms with van der Waals surface area (Å²) in [6, 6.07) is 8.98. The van der Waals surface area contributed by atoms with Gasteiger partial charge in [-0.1, -0.05) is 32.9 Å². The minimum atomic E-state index is 0.245. The highest BCUT2D eigenvalue weighted by atomic mass is 32.2. The van der Waals surface area contributed by atoms with Gasteiger partial charge in [0, 0.05) is 18.6 Å². The molecule has 19 heavy (non-hydrogen) atoms. The summed E-state index contributed by atoms with van der Waals surface area (Å²) in [5, 5.41) is 3.36. The lowest BCUT2D eigenvalue weighted by molar-refractivity contribution is 0.199. The fraction of sp³-hybridized carbons (Fsp3) is 0.625. The van der Waals surface area contributed by atoms with Crippen LogP contribution in [0.4, 0.5) is 0 Å². The summed E-state index contributed by atoms with van der Waals surface area (Å²) in [6.45, 7) is 9.56. The Morgan fingerprint density at radius 3 is 2.37 bits per heavy atom. The van der Waals surface area contributed by atoms with Crippen molar-refractivity contribution in [3.63, 3.8) is 0 Å². The van der Waals surface area contributed by atoms with Gasteiger partial charge in [-0.3, -0.25) is 0 Å². The molecule has 0 bridgehead atoms. The van der Waals surface area contributed by atoms with Crippen molar-refractivity contribution >= 4 is 11.8 Å². The van der Waals surface area contributed by atoms with Crippen LogP contribution < -0.4 is 5.32 Å². The number of hydrogen-bond donors (Lipinski definition) is 1. The van der Waals surface area contributed by atoms with Crippen molar-refractivity contribution in [2.75, 3.05) is 32.6 Å². The molecule has 0 aliphatic carbocycles. The molecule has 0 unspecified atom stereocenters. The largest absolute Gasteiger partial charge is 0.383 e. The molecule has 0 saturated carbocycles. The van der Waals surface area contributed by atoms with Gasteiger partial charge in [-0.2, -0.15) is 0 Å². The van der Waals surface area contributed by atoms with Crippen LogP contribution in [0.25, 0.3) is 0 Å². The Morgan fingerprint density at radius 1 is 1.11 bits per heavy atom. The van der Waals surface area contributed by atoms with Crippen LogP contribution in [0.2, 0.25) is 0 Å². The SMILES string of the molecule is COCCNCCCSc1ccc(C(C)(C)C)cc1. The van der Waals surface area contributed by atoms with Crippen LogP contribution in [0.15, 0.2) is 29.2 Å². The molecule has 0 radical (unpaired) electrons. The van der Waals surface area contributed by atoms with Gasteiger partial charge < -0.3 is 10.1 Å². The molecule has 0 spiro atoms. The van der Waals surface area contributed by atoms with Gasteiger partial charge in [0.05, 0.1) is 6.61 Å². The molecule has 1 aromatic carbocycles. The Balaban J connectivity index is 2.20. The van der Waals surface area contributed by atoms with E-state index in [2.05, 4.69) is 50.4 Å². The van der Waals surface area contributed by atoms with Crippen molar-refractivity contribution in [2.45, 2.75) is 37.5 Å². The summed E-state index contributed by atoms with van der Waals surface area (Å²) in [4.78, 5) is 1.37. The molecule has 1 aromatic rings. The van der Waals surface area contributed by atoms with E-state index in [0.717, 1.165) is 25.4 Å². The third kappa shape index (κ3) is 7.00. The first-order valence-electron chi connectivity index (χ1n) is 6.97. The van der Waals surface area contributed by atoms with Crippen LogP contribution >= 0.6 is 11.8 Å². The van der Waals surface area contributed by atoms with Crippen LogP contribution in [-0.4, -0.2) is 32.6 Å². The second kappa shape index (κ2) is 8.62. The molecule has 1 rings (SSSR count). The van der Waals surface area contributed by atoms with Gasteiger partial charge in [0.25, 0.3) is 0 Å². The zero-order valence-electron chi connectivity index (χ0n) is 12.7. The predicted octanol–water partition coefficient (Wildman–Crippen LogP) is 3.70. The standard InChI is InChI=1S/C16H27NOS/c1-16(2,3)14-6-8-15(9-7-14)19-13-5-10-17-11-12-18-4/h6-9,17H,5,10-13H2,1-4H3. The molecule has 0 aliphatic heterocycles. The Hall–Kier alpha value is -0.510. The summed E-state index contributed by atoms with van der Waals surface area (Å²) in [6.07, 6.45) is 1.19. The Bertz CT molecular complexity index is 343. The van der Waals surface area contributed by atoms with Crippen molar-refractivity contribution in [3.8, 4) is 0 Å². The molecule has 108 valence electrons. The molecule has 0 aliphatic rings. The first-order valence-corrected chi connectivity index (χ1v) is 7.95. The van der Waals surface area contributed by atoms with Crippen molar-refractivity contribution in [2.24, 2.45) is 0 Å². The van der Waals surface area contributed by atoms with E-state index in [9.17, 15) is 0 Å². The van der Waals surface area contributed by atoms with Gasteiger partial charge in [-0.25, -0.2) is 0 Å². The van der Waals surface area contributed by atoms with E-state index >= 15 is 0 Å². The van der Waals surface area contributed by atoms with E-state index in [1.54, 1.807) is 7.11 Å². The second-order valence-electron chi connectivity index (χ2n) is 5.72. The molecule has 0 fully saturated rings. The third-order valence-electron chi connectivity index (χ3n) is 2.97. The van der Waals surface area contributed by atoms with Gasteiger partial charge >= 0.3 is 0 Å². The maximum absolute atomic E-state index is 4.99. The van der Waals surface area contributed by atoms with Crippen molar-refractivity contribution in [1.29, 1.82) is 0 Å². The average molecular weight is 281 g/mol. The van der Waals surface area contributed by atoms with E-state index in [1.165, 1.54) is 16.9 Å². The summed E-state index contributed by atoms with van der Waals surface area (Å²) in [5.41, 5.74) is 1.65. The smallest absolute Gasteiger partial charge is 0.0587 e. The number of benzene rings is 1. The lowest BCUT2D eigenvalue weighted by Crippen LogP contribution is -2.20. The van der Waals surface area contributed by atoms with Crippen LogP contribution in [-0.2, 0) is 10.2 Å². The van der Waals surface area contributed by atoms with Gasteiger partial charge in [0.15, 0.2) is 0 Å². The molecular weight excluding hydrogens is 254 g/mol. The third-order valence-corrected chi connectivity index (χ3v) is 4.07. The van der Waals surface area contributed by atoms with Crippen LogP contribution in [0.5, 0.6) is 0 Å². The van der Waals surface area contributed by atoms with E-state index in [4.69, 9.17) is 4.74 Å². The zero-order valence-corrected chi connectivity index (χ0v) is 13.5. The summed E-state index contributed by atoms with van der Waals surface area (Å²) in [7, 11) is 1.73. The van der Waals surface area contributed by atoms with Crippen molar-refractivity contribution in [3.05, 3.63) is 29.8 Å². The highest BCUT2D eigenvalue weighted by Crippen LogP contribution is 2.25. The Labute approximate surface area is 122 Å². The minimum Gasteiger partial charge on any atom is -0.383 e. The average Bonchev–Trinajstić information content (AvgIpc) is 2.37. The minimum absolute atomic E-state index is 0.245. The maximum Gasteiger partial charge on any atom is 0.0587 e. The number of thioether (sulfide) groups is 1. The molecule has 0 amide bonds. The fourth-order valence-corrected chi connectivity index (χ4v) is 2.59. The van der Waals surface area contributed by atoms with Crippen LogP contribution in [0.3, 0.4) is 0 Å². The van der Waals surface area contributed by atoms with Gasteiger partial charge in [-0.05, 0) is 41.8 Å². The molecule has 0 heterocycles. The molecule has 1 N–H and O–H groups in total. The molecule has 0 aromatic heterocycles. The lowest BCUT2D eigenvalue weighted by Gasteiger charge is -2.19. The number of methoxy groups -OCH3 is 1. The quantitative estimate of drug-likeness (QED) is 0.580. The second-order valence-corrected chi connectivity index (χ2v) is 6.89. The molecule has 2 nitrogen and oxygen atoms in total. The van der Waals surface area contributed by atoms with Gasteiger partial charge in [0.2, 0.25) is 0 Å². The molecule has 3 heteroatoms. The topological polar surface area (TPSA) is 21.3 Å². The lowest BCUT2D eigenvalue weighted by atomic mass is 9.87. The van der Waals surface area contributed by atoms with E-state index in [-0.39, 0.29) is 5.41 Å². The van der Waals surface area contributed by atoms with E-state index < -0.39 is 0 Å². The normalized spacial score (nSPS) is 11.8. The van der Waals surface area contributed by atoms with E-state index in [0.29, 0.717) is 0 Å². The summed E-state index contributed by atoms with van der Waals surface area (Å²) in [5.74, 6) is 1.16. The highest BCUT2D eigenvalue weighted by molar-refractivity contribution is 7.99. The number of nitrogens with one attached hydrogen (secondary N) is 1. The molecular formula is C16H27NOS. The Morgan fingerprint density at radius 2 is 1.79 bits per heavy atom. The van der Waals surface area contributed by atoms with Gasteiger partial charge in [0.1, 0.15) is 0 Å². The monoisotopic (exact) mass is 281 g/mol. The first-order chi connectivity index (χ1) is 9.04. The summed E-state index contributed by atoms with van der Waals surface area (Å²) >= 11 is 1.93. The van der Waals surface area contributed by atoms with Crippen molar-refractivity contribution < 1.29 is 4.74 Å². The molecule has 0 atom stereocenters. The fourth-order valence-electron chi connectivity index (χ4n) is 1.74. The maximum atomic E-state index is 4.99. The highest BCUT2D eigenvalue weighted by Gasteiger charge is 2.12. The van der Waals surface area contributed by atoms with Crippen molar-refractivity contribution in [1.82, 2.24) is 5.32 Å². The van der Waals surface area contributed by atoms with Gasteiger partial charge in [-0.15, -0.1) is 11.8 Å².